The van der Waals surface area contributed by atoms with Gasteiger partial charge in [0.05, 0.1) is 17.2 Å². The molecule has 0 aliphatic heterocycles. The Bertz CT molecular complexity index is 595. The molecule has 0 unspecified atom stereocenters. The van der Waals surface area contributed by atoms with Crippen molar-refractivity contribution in [3.8, 4) is 0 Å². The molecule has 4 nitrogen and oxygen atoms in total. The Morgan fingerprint density at radius 3 is 3.00 bits per heavy atom. The van der Waals surface area contributed by atoms with Gasteiger partial charge in [0.15, 0.2) is 0 Å². The SMILES string of the molecule is COCCCCn1cnc2cc(Br)ccc2c1=O. The van der Waals surface area contributed by atoms with E-state index in [4.69, 9.17) is 4.74 Å². The zero-order valence-corrected chi connectivity index (χ0v) is 11.8. The van der Waals surface area contributed by atoms with Crippen LogP contribution in [0.1, 0.15) is 12.8 Å². The first-order valence-electron chi connectivity index (χ1n) is 5.86. The minimum Gasteiger partial charge on any atom is -0.385 e. The molecule has 2 aromatic rings. The van der Waals surface area contributed by atoms with Crippen LogP contribution in [-0.2, 0) is 11.3 Å². The van der Waals surface area contributed by atoms with Gasteiger partial charge in [0, 0.05) is 24.7 Å². The fourth-order valence-electron chi connectivity index (χ4n) is 1.82. The number of methoxy groups -OCH3 is 1. The van der Waals surface area contributed by atoms with Crippen molar-refractivity contribution in [1.29, 1.82) is 0 Å². The fourth-order valence-corrected chi connectivity index (χ4v) is 2.17. The highest BCUT2D eigenvalue weighted by Crippen LogP contribution is 2.14. The topological polar surface area (TPSA) is 44.1 Å². The van der Waals surface area contributed by atoms with Gasteiger partial charge in [0.25, 0.3) is 5.56 Å². The molecule has 0 aliphatic rings. The normalized spacial score (nSPS) is 11.0. The van der Waals surface area contributed by atoms with E-state index in [1.165, 1.54) is 0 Å². The average molecular weight is 311 g/mol. The lowest BCUT2D eigenvalue weighted by atomic mass is 10.2. The molecule has 1 aromatic carbocycles. The number of unbranched alkanes of at least 4 members (excludes halogenated alkanes) is 1. The monoisotopic (exact) mass is 310 g/mol. The summed E-state index contributed by atoms with van der Waals surface area (Å²) in [4.78, 5) is 16.5. The van der Waals surface area contributed by atoms with E-state index in [0.717, 1.165) is 29.4 Å². The van der Waals surface area contributed by atoms with Crippen molar-refractivity contribution in [2.24, 2.45) is 0 Å². The van der Waals surface area contributed by atoms with Gasteiger partial charge in [0.2, 0.25) is 0 Å². The molecule has 1 aromatic heterocycles. The average Bonchev–Trinajstić information content (AvgIpc) is 2.37. The van der Waals surface area contributed by atoms with E-state index in [-0.39, 0.29) is 5.56 Å². The van der Waals surface area contributed by atoms with Crippen LogP contribution < -0.4 is 5.56 Å². The van der Waals surface area contributed by atoms with Gasteiger partial charge in [-0.25, -0.2) is 4.98 Å². The molecule has 0 saturated heterocycles. The number of halogens is 1. The molecule has 0 N–H and O–H groups in total. The standard InChI is InChI=1S/C13H15BrN2O2/c1-18-7-3-2-6-16-9-15-12-8-10(14)4-5-11(12)13(16)17/h4-5,8-9H,2-3,6-7H2,1H3. The molecule has 0 spiro atoms. The fraction of sp³-hybridized carbons (Fsp3) is 0.385. The molecule has 96 valence electrons. The summed E-state index contributed by atoms with van der Waals surface area (Å²) in [7, 11) is 1.68. The van der Waals surface area contributed by atoms with Crippen molar-refractivity contribution < 1.29 is 4.74 Å². The maximum absolute atomic E-state index is 12.2. The van der Waals surface area contributed by atoms with E-state index in [9.17, 15) is 4.79 Å². The summed E-state index contributed by atoms with van der Waals surface area (Å²) in [6.07, 6.45) is 3.47. The molecule has 5 heteroatoms. The van der Waals surface area contributed by atoms with Gasteiger partial charge in [-0.2, -0.15) is 0 Å². The third-order valence-electron chi connectivity index (χ3n) is 2.78. The number of hydrogen-bond donors (Lipinski definition) is 0. The molecule has 0 fully saturated rings. The van der Waals surface area contributed by atoms with Gasteiger partial charge in [-0.3, -0.25) is 9.36 Å². The third kappa shape index (κ3) is 2.97. The van der Waals surface area contributed by atoms with Crippen LogP contribution in [-0.4, -0.2) is 23.3 Å². The quantitative estimate of drug-likeness (QED) is 0.797. The maximum Gasteiger partial charge on any atom is 0.261 e. The lowest BCUT2D eigenvalue weighted by Gasteiger charge is -2.06. The molecular weight excluding hydrogens is 296 g/mol. The van der Waals surface area contributed by atoms with Crippen LogP contribution in [0.2, 0.25) is 0 Å². The van der Waals surface area contributed by atoms with Crippen molar-refractivity contribution in [1.82, 2.24) is 9.55 Å². The highest BCUT2D eigenvalue weighted by Gasteiger charge is 2.04. The first-order chi connectivity index (χ1) is 8.72. The first-order valence-corrected chi connectivity index (χ1v) is 6.65. The zero-order chi connectivity index (χ0) is 13.0. The molecule has 0 bridgehead atoms. The number of ether oxygens (including phenoxy) is 1. The highest BCUT2D eigenvalue weighted by atomic mass is 79.9. The van der Waals surface area contributed by atoms with Crippen LogP contribution >= 0.6 is 15.9 Å². The number of hydrogen-bond acceptors (Lipinski definition) is 3. The van der Waals surface area contributed by atoms with Crippen molar-refractivity contribution in [3.05, 3.63) is 39.4 Å². The Hall–Kier alpha value is -1.20. The minimum atomic E-state index is 0.0184. The smallest absolute Gasteiger partial charge is 0.261 e. The Balaban J connectivity index is 2.23. The summed E-state index contributed by atoms with van der Waals surface area (Å²) >= 11 is 3.37. The molecule has 0 atom stereocenters. The van der Waals surface area contributed by atoms with Gasteiger partial charge < -0.3 is 4.74 Å². The predicted molar refractivity (Wildman–Crippen MR) is 74.8 cm³/mol. The lowest BCUT2D eigenvalue weighted by Crippen LogP contribution is -2.20. The van der Waals surface area contributed by atoms with Crippen LogP contribution in [0, 0.1) is 0 Å². The van der Waals surface area contributed by atoms with E-state index < -0.39 is 0 Å². The maximum atomic E-state index is 12.2. The van der Waals surface area contributed by atoms with Gasteiger partial charge in [-0.15, -0.1) is 0 Å². The van der Waals surface area contributed by atoms with Crippen molar-refractivity contribution >= 4 is 26.8 Å². The number of benzene rings is 1. The second kappa shape index (κ2) is 6.11. The highest BCUT2D eigenvalue weighted by molar-refractivity contribution is 9.10. The third-order valence-corrected chi connectivity index (χ3v) is 3.28. The van der Waals surface area contributed by atoms with Gasteiger partial charge in [-0.05, 0) is 31.0 Å². The van der Waals surface area contributed by atoms with Crippen molar-refractivity contribution in [2.75, 3.05) is 13.7 Å². The molecule has 18 heavy (non-hydrogen) atoms. The second-order valence-corrected chi connectivity index (χ2v) is 5.02. The number of nitrogens with zero attached hydrogens (tertiary/aromatic N) is 2. The minimum absolute atomic E-state index is 0.0184. The summed E-state index contributed by atoms with van der Waals surface area (Å²) in [5.74, 6) is 0. The predicted octanol–water partition coefficient (Wildman–Crippen LogP) is 2.59. The molecule has 0 radical (unpaired) electrons. The largest absolute Gasteiger partial charge is 0.385 e. The van der Waals surface area contributed by atoms with Crippen LogP contribution in [0.15, 0.2) is 33.8 Å². The van der Waals surface area contributed by atoms with Gasteiger partial charge >= 0.3 is 0 Å². The van der Waals surface area contributed by atoms with Crippen molar-refractivity contribution in [3.63, 3.8) is 0 Å². The molecular formula is C13H15BrN2O2. The van der Waals surface area contributed by atoms with Crippen molar-refractivity contribution in [2.45, 2.75) is 19.4 Å². The Kier molecular flexibility index (Phi) is 4.49. The Labute approximate surface area is 114 Å². The van der Waals surface area contributed by atoms with E-state index >= 15 is 0 Å². The molecule has 1 heterocycles. The summed E-state index contributed by atoms with van der Waals surface area (Å²) in [5.41, 5.74) is 0.743. The van der Waals surface area contributed by atoms with Crippen LogP contribution in [0.25, 0.3) is 10.9 Å². The molecule has 0 saturated carbocycles. The first kappa shape index (κ1) is 13.2. The van der Waals surface area contributed by atoms with Crippen LogP contribution in [0.5, 0.6) is 0 Å². The number of aryl methyl sites for hydroxylation is 1. The Morgan fingerprint density at radius 2 is 2.22 bits per heavy atom. The summed E-state index contributed by atoms with van der Waals surface area (Å²) < 4.78 is 7.57. The van der Waals surface area contributed by atoms with E-state index in [0.29, 0.717) is 11.9 Å². The number of rotatable bonds is 5. The second-order valence-electron chi connectivity index (χ2n) is 4.10. The number of fused-ring (bicyclic) bond motifs is 1. The molecule has 0 aliphatic carbocycles. The summed E-state index contributed by atoms with van der Waals surface area (Å²) in [5, 5.41) is 0.660. The van der Waals surface area contributed by atoms with Crippen LogP contribution in [0.3, 0.4) is 0 Å². The summed E-state index contributed by atoms with van der Waals surface area (Å²) in [6, 6.07) is 5.52. The van der Waals surface area contributed by atoms with E-state index in [1.54, 1.807) is 24.1 Å². The summed E-state index contributed by atoms with van der Waals surface area (Å²) in [6.45, 7) is 1.41. The van der Waals surface area contributed by atoms with Gasteiger partial charge in [-0.1, -0.05) is 15.9 Å². The molecule has 2 rings (SSSR count). The zero-order valence-electron chi connectivity index (χ0n) is 10.2. The van der Waals surface area contributed by atoms with E-state index in [2.05, 4.69) is 20.9 Å². The van der Waals surface area contributed by atoms with Crippen LogP contribution in [0.4, 0.5) is 0 Å². The van der Waals surface area contributed by atoms with Gasteiger partial charge in [0.1, 0.15) is 0 Å². The molecule has 0 amide bonds. The lowest BCUT2D eigenvalue weighted by molar-refractivity contribution is 0.191. The van der Waals surface area contributed by atoms with E-state index in [1.807, 2.05) is 12.1 Å². The Morgan fingerprint density at radius 1 is 1.39 bits per heavy atom. The number of aromatic nitrogens is 2.